The first-order chi connectivity index (χ1) is 9.69. The zero-order chi connectivity index (χ0) is 14.5. The summed E-state index contributed by atoms with van der Waals surface area (Å²) in [6.07, 6.45) is 1.81. The van der Waals surface area contributed by atoms with Crippen LogP contribution in [0.1, 0.15) is 30.8 Å². The maximum atomic E-state index is 4.61. The average Bonchev–Trinajstić information content (AvgIpc) is 2.49. The highest BCUT2D eigenvalue weighted by Gasteiger charge is 2.10. The summed E-state index contributed by atoms with van der Waals surface area (Å²) in [6.45, 7) is 6.25. The van der Waals surface area contributed by atoms with Crippen LogP contribution in [0.4, 0.5) is 17.3 Å². The van der Waals surface area contributed by atoms with Crippen LogP contribution < -0.4 is 10.6 Å². The van der Waals surface area contributed by atoms with Gasteiger partial charge in [0.1, 0.15) is 17.5 Å². The number of nitrogens with zero attached hydrogens (tertiary/aromatic N) is 2. The molecule has 0 aliphatic heterocycles. The number of benzene rings is 1. The maximum Gasteiger partial charge on any atom is 0.139 e. The number of hydrogen-bond acceptors (Lipinski definition) is 4. The Morgan fingerprint density at radius 2 is 1.70 bits per heavy atom. The molecule has 4 heteroatoms. The van der Waals surface area contributed by atoms with E-state index in [1.165, 1.54) is 5.56 Å². The fourth-order valence-electron chi connectivity index (χ4n) is 2.16. The average molecular weight is 270 g/mol. The zero-order valence-corrected chi connectivity index (χ0v) is 12.6. The van der Waals surface area contributed by atoms with Crippen molar-refractivity contribution in [2.45, 2.75) is 33.6 Å². The summed E-state index contributed by atoms with van der Waals surface area (Å²) in [7, 11) is 1.89. The molecule has 0 saturated heterocycles. The van der Waals surface area contributed by atoms with E-state index in [0.29, 0.717) is 0 Å². The predicted molar refractivity (Wildman–Crippen MR) is 84.8 cm³/mol. The molecule has 106 valence electrons. The quantitative estimate of drug-likeness (QED) is 0.870. The molecule has 0 amide bonds. The molecule has 2 aromatic rings. The summed E-state index contributed by atoms with van der Waals surface area (Å²) in [5, 5.41) is 6.58. The van der Waals surface area contributed by atoms with Crippen molar-refractivity contribution in [3.05, 3.63) is 41.2 Å². The van der Waals surface area contributed by atoms with Gasteiger partial charge in [0, 0.05) is 24.7 Å². The predicted octanol–water partition coefficient (Wildman–Crippen LogP) is 3.70. The molecular formula is C16H22N4. The highest BCUT2D eigenvalue weighted by molar-refractivity contribution is 5.66. The molecule has 1 aromatic carbocycles. The van der Waals surface area contributed by atoms with Crippen molar-refractivity contribution in [3.8, 4) is 0 Å². The molecule has 1 heterocycles. The van der Waals surface area contributed by atoms with Crippen LogP contribution in [0, 0.1) is 6.92 Å². The first-order valence-electron chi connectivity index (χ1n) is 7.09. The van der Waals surface area contributed by atoms with Crippen LogP contribution in [-0.4, -0.2) is 17.0 Å². The Morgan fingerprint density at radius 3 is 2.35 bits per heavy atom. The number of para-hydroxylation sites is 1. The number of hydrogen-bond donors (Lipinski definition) is 2. The molecule has 2 N–H and O–H groups in total. The summed E-state index contributed by atoms with van der Waals surface area (Å²) in [5.41, 5.74) is 3.44. The van der Waals surface area contributed by atoms with Gasteiger partial charge in [0.2, 0.25) is 0 Å². The minimum atomic E-state index is 0.819. The summed E-state index contributed by atoms with van der Waals surface area (Å²) in [4.78, 5) is 9.10. The molecule has 0 saturated carbocycles. The van der Waals surface area contributed by atoms with Crippen molar-refractivity contribution in [1.82, 2.24) is 9.97 Å². The molecule has 0 fully saturated rings. The van der Waals surface area contributed by atoms with Gasteiger partial charge in [0.15, 0.2) is 0 Å². The van der Waals surface area contributed by atoms with Crippen molar-refractivity contribution in [2.75, 3.05) is 17.7 Å². The second kappa shape index (κ2) is 6.37. The van der Waals surface area contributed by atoms with E-state index in [1.54, 1.807) is 0 Å². The Bertz CT molecular complexity index is 593. The first kappa shape index (κ1) is 14.3. The van der Waals surface area contributed by atoms with Crippen LogP contribution in [0.2, 0.25) is 0 Å². The van der Waals surface area contributed by atoms with Crippen molar-refractivity contribution < 1.29 is 0 Å². The topological polar surface area (TPSA) is 49.8 Å². The summed E-state index contributed by atoms with van der Waals surface area (Å²) in [6, 6.07) is 8.33. The van der Waals surface area contributed by atoms with Crippen LogP contribution in [0.25, 0.3) is 0 Å². The Balaban J connectivity index is 2.42. The van der Waals surface area contributed by atoms with Crippen LogP contribution in [0.3, 0.4) is 0 Å². The summed E-state index contributed by atoms with van der Waals surface area (Å²) >= 11 is 0. The van der Waals surface area contributed by atoms with Gasteiger partial charge in [-0.25, -0.2) is 9.97 Å². The van der Waals surface area contributed by atoms with Gasteiger partial charge >= 0.3 is 0 Å². The Kier molecular flexibility index (Phi) is 4.56. The van der Waals surface area contributed by atoms with E-state index in [2.05, 4.69) is 52.6 Å². The minimum absolute atomic E-state index is 0.819. The lowest BCUT2D eigenvalue weighted by molar-refractivity contribution is 0.935. The molecule has 0 unspecified atom stereocenters. The molecule has 0 aliphatic carbocycles. The van der Waals surface area contributed by atoms with Gasteiger partial charge in [0.05, 0.1) is 0 Å². The third-order valence-electron chi connectivity index (χ3n) is 3.40. The summed E-state index contributed by atoms with van der Waals surface area (Å²) < 4.78 is 0. The van der Waals surface area contributed by atoms with E-state index in [4.69, 9.17) is 0 Å². The van der Waals surface area contributed by atoms with Crippen LogP contribution in [0.5, 0.6) is 0 Å². The summed E-state index contributed by atoms with van der Waals surface area (Å²) in [5.74, 6) is 2.60. The number of nitrogens with one attached hydrogen (secondary N) is 2. The molecule has 0 aliphatic rings. The number of anilines is 3. The number of aryl methyl sites for hydroxylation is 2. The maximum absolute atomic E-state index is 4.61. The van der Waals surface area contributed by atoms with Crippen molar-refractivity contribution in [3.63, 3.8) is 0 Å². The first-order valence-corrected chi connectivity index (χ1v) is 7.09. The fourth-order valence-corrected chi connectivity index (χ4v) is 2.16. The van der Waals surface area contributed by atoms with E-state index in [1.807, 2.05) is 20.0 Å². The van der Waals surface area contributed by atoms with Gasteiger partial charge in [-0.3, -0.25) is 0 Å². The van der Waals surface area contributed by atoms with Gasteiger partial charge in [-0.05, 0) is 25.0 Å². The van der Waals surface area contributed by atoms with Gasteiger partial charge in [-0.2, -0.15) is 0 Å². The number of rotatable bonds is 5. The van der Waals surface area contributed by atoms with Gasteiger partial charge in [-0.1, -0.05) is 32.0 Å². The Morgan fingerprint density at radius 1 is 1.00 bits per heavy atom. The third kappa shape index (κ3) is 2.90. The second-order valence-corrected chi connectivity index (χ2v) is 4.70. The van der Waals surface area contributed by atoms with Crippen molar-refractivity contribution in [2.24, 2.45) is 0 Å². The molecule has 2 rings (SSSR count). The van der Waals surface area contributed by atoms with E-state index in [-0.39, 0.29) is 0 Å². The SMILES string of the molecule is CCc1nc(NC)c(C)c(Nc2ccccc2CC)n1. The molecule has 0 radical (unpaired) electrons. The van der Waals surface area contributed by atoms with Crippen LogP contribution in [0.15, 0.2) is 24.3 Å². The lowest BCUT2D eigenvalue weighted by Crippen LogP contribution is -2.07. The van der Waals surface area contributed by atoms with E-state index in [9.17, 15) is 0 Å². The highest BCUT2D eigenvalue weighted by atomic mass is 15.1. The highest BCUT2D eigenvalue weighted by Crippen LogP contribution is 2.25. The van der Waals surface area contributed by atoms with Gasteiger partial charge in [0.25, 0.3) is 0 Å². The van der Waals surface area contributed by atoms with Crippen LogP contribution >= 0.6 is 0 Å². The van der Waals surface area contributed by atoms with E-state index >= 15 is 0 Å². The van der Waals surface area contributed by atoms with Crippen molar-refractivity contribution >= 4 is 17.3 Å². The zero-order valence-electron chi connectivity index (χ0n) is 12.6. The normalized spacial score (nSPS) is 10.4. The Labute approximate surface area is 120 Å². The van der Waals surface area contributed by atoms with Crippen LogP contribution in [-0.2, 0) is 12.8 Å². The largest absolute Gasteiger partial charge is 0.373 e. The van der Waals surface area contributed by atoms with E-state index in [0.717, 1.165) is 41.6 Å². The lowest BCUT2D eigenvalue weighted by Gasteiger charge is -2.15. The second-order valence-electron chi connectivity index (χ2n) is 4.70. The minimum Gasteiger partial charge on any atom is -0.373 e. The van der Waals surface area contributed by atoms with Crippen molar-refractivity contribution in [1.29, 1.82) is 0 Å². The molecule has 20 heavy (non-hydrogen) atoms. The smallest absolute Gasteiger partial charge is 0.139 e. The van der Waals surface area contributed by atoms with Gasteiger partial charge < -0.3 is 10.6 Å². The molecule has 0 atom stereocenters. The fraction of sp³-hybridized carbons (Fsp3) is 0.375. The lowest BCUT2D eigenvalue weighted by atomic mass is 10.1. The standard InChI is InChI=1S/C16H22N4/c1-5-12-9-7-8-10-13(12)18-16-11(3)15(17-4)19-14(6-2)20-16/h7-10H,5-6H2,1-4H3,(H2,17,18,19,20). The third-order valence-corrected chi connectivity index (χ3v) is 3.40. The van der Waals surface area contributed by atoms with E-state index < -0.39 is 0 Å². The van der Waals surface area contributed by atoms with Gasteiger partial charge in [-0.15, -0.1) is 0 Å². The number of aromatic nitrogens is 2. The monoisotopic (exact) mass is 270 g/mol. The Hall–Kier alpha value is -2.10. The molecule has 0 spiro atoms. The molecular weight excluding hydrogens is 248 g/mol. The molecule has 1 aromatic heterocycles. The molecule has 4 nitrogen and oxygen atoms in total. The molecule has 0 bridgehead atoms.